The van der Waals surface area contributed by atoms with Crippen LogP contribution >= 0.6 is 23.2 Å². The number of amides is 2. The van der Waals surface area contributed by atoms with Gasteiger partial charge in [0.15, 0.2) is 6.29 Å². The van der Waals surface area contributed by atoms with E-state index in [1.807, 2.05) is 0 Å². The Balaban J connectivity index is 2.12. The molecule has 0 radical (unpaired) electrons. The zero-order valence-corrected chi connectivity index (χ0v) is 21.1. The van der Waals surface area contributed by atoms with Gasteiger partial charge in [-0.1, -0.05) is 23.2 Å². The lowest BCUT2D eigenvalue weighted by molar-refractivity contribution is -0.169. The number of fused-ring (bicyclic) bond motifs is 2. The number of alkyl halides is 6. The van der Waals surface area contributed by atoms with Gasteiger partial charge in [-0.2, -0.15) is 26.3 Å². The first-order chi connectivity index (χ1) is 19.0. The predicted molar refractivity (Wildman–Crippen MR) is 132 cm³/mol. The third kappa shape index (κ3) is 5.74. The molecule has 41 heavy (non-hydrogen) atoms. The molecule has 0 unspecified atom stereocenters. The van der Waals surface area contributed by atoms with Crippen LogP contribution in [-0.2, 0) is 9.59 Å². The number of benzene rings is 3. The number of hydrogen-bond donors (Lipinski definition) is 2. The number of aldehydes is 1. The van der Waals surface area contributed by atoms with Crippen molar-refractivity contribution in [2.45, 2.75) is 12.4 Å². The van der Waals surface area contributed by atoms with Crippen LogP contribution in [0.25, 0.3) is 33.4 Å². The molecule has 16 heteroatoms. The molecule has 2 amide bonds. The second kappa shape index (κ2) is 10.5. The minimum atomic E-state index is -5.30. The summed E-state index contributed by atoms with van der Waals surface area (Å²) in [5, 5.41) is 10.2. The summed E-state index contributed by atoms with van der Waals surface area (Å²) in [4.78, 5) is 49.5. The fourth-order valence-corrected chi connectivity index (χ4v) is 4.44. The molecule has 1 heterocycles. The van der Waals surface area contributed by atoms with Gasteiger partial charge in [-0.05, 0) is 30.3 Å². The lowest BCUT2D eigenvalue weighted by Crippen LogP contribution is -2.29. The summed E-state index contributed by atoms with van der Waals surface area (Å²) in [6, 6.07) is 7.21. The number of carbonyl (C=O) groups excluding carboxylic acids is 3. The van der Waals surface area contributed by atoms with E-state index >= 15 is 0 Å². The molecule has 0 saturated carbocycles. The Labute approximate surface area is 233 Å². The van der Waals surface area contributed by atoms with Crippen molar-refractivity contribution in [1.29, 1.82) is 0 Å². The van der Waals surface area contributed by atoms with Gasteiger partial charge in [-0.25, -0.2) is 9.79 Å². The standard InChI is InChI=1S/C25H10Cl2F6N2O6/c26-14-5-9(8-36)20(27)19(21(37)38)18(14)17-12-3-1-10(34-22(39)24(28,29)30)6-15(12)41-16-7-11(2-4-13(16)17)35-23(40)25(31,32)33/h1-8H,(H,34,39)(H,37,38). The number of nitrogens with zero attached hydrogens (tertiary/aromatic N) is 1. The topological polar surface area (TPSA) is 126 Å². The third-order valence-electron chi connectivity index (χ3n) is 5.53. The summed E-state index contributed by atoms with van der Waals surface area (Å²) < 4.78 is 82.3. The van der Waals surface area contributed by atoms with Crippen molar-refractivity contribution >= 4 is 63.9 Å². The average molecular weight is 619 g/mol. The highest BCUT2D eigenvalue weighted by Crippen LogP contribution is 2.46. The van der Waals surface area contributed by atoms with Gasteiger partial charge in [-0.3, -0.25) is 14.4 Å². The molecule has 8 nitrogen and oxygen atoms in total. The summed E-state index contributed by atoms with van der Waals surface area (Å²) in [6.45, 7) is 0. The molecule has 1 aliphatic carbocycles. The zero-order valence-electron chi connectivity index (χ0n) is 19.6. The van der Waals surface area contributed by atoms with Gasteiger partial charge in [0.05, 0.1) is 21.0 Å². The first kappa shape index (κ1) is 29.6. The molecule has 0 atom stereocenters. The van der Waals surface area contributed by atoms with Crippen molar-refractivity contribution in [2.75, 3.05) is 5.32 Å². The Morgan fingerprint density at radius 2 is 1.61 bits per heavy atom. The van der Waals surface area contributed by atoms with Crippen molar-refractivity contribution in [2.24, 2.45) is 4.99 Å². The van der Waals surface area contributed by atoms with Crippen LogP contribution in [0, 0.1) is 0 Å². The van der Waals surface area contributed by atoms with Gasteiger partial charge in [0.2, 0.25) is 0 Å². The van der Waals surface area contributed by atoms with Gasteiger partial charge < -0.3 is 14.8 Å². The van der Waals surface area contributed by atoms with E-state index in [0.717, 1.165) is 42.5 Å². The van der Waals surface area contributed by atoms with Crippen LogP contribution in [-0.4, -0.2) is 41.5 Å². The van der Waals surface area contributed by atoms with E-state index in [1.165, 1.54) is 0 Å². The summed E-state index contributed by atoms with van der Waals surface area (Å²) in [5.41, 5.74) is -1.98. The maximum absolute atomic E-state index is 12.8. The molecule has 212 valence electrons. The number of hydrogen-bond acceptors (Lipinski definition) is 5. The Bertz CT molecular complexity index is 1810. The fourth-order valence-electron chi connectivity index (χ4n) is 3.85. The molecule has 2 aromatic rings. The van der Waals surface area contributed by atoms with E-state index in [2.05, 4.69) is 4.99 Å². The largest absolute Gasteiger partial charge is 0.478 e. The number of halogens is 8. The number of carboxylic acid groups (broad SMARTS) is 1. The highest BCUT2D eigenvalue weighted by molar-refractivity contribution is 6.40. The molecule has 1 aliphatic heterocycles. The number of anilines is 1. The molecule has 0 fully saturated rings. The van der Waals surface area contributed by atoms with Gasteiger partial charge in [0.1, 0.15) is 11.3 Å². The number of carbonyl (C=O) groups is 4. The first-order valence-corrected chi connectivity index (χ1v) is 11.5. The summed E-state index contributed by atoms with van der Waals surface area (Å²) in [5.74, 6) is -6.71. The third-order valence-corrected chi connectivity index (χ3v) is 6.23. The van der Waals surface area contributed by atoms with E-state index in [-0.39, 0.29) is 50.3 Å². The molecule has 4 rings (SSSR count). The van der Waals surface area contributed by atoms with E-state index in [1.54, 1.807) is 5.32 Å². The molecular weight excluding hydrogens is 609 g/mol. The normalized spacial score (nSPS) is 12.5. The van der Waals surface area contributed by atoms with Crippen molar-refractivity contribution in [1.82, 2.24) is 0 Å². The molecule has 0 spiro atoms. The molecular formula is C25H10Cl2F6N2O6. The van der Waals surface area contributed by atoms with E-state index < -0.39 is 51.8 Å². The van der Waals surface area contributed by atoms with E-state index in [4.69, 9.17) is 27.6 Å². The number of carboxylic acids is 1. The second-order valence-corrected chi connectivity index (χ2v) is 8.95. The van der Waals surface area contributed by atoms with Crippen molar-refractivity contribution in [3.63, 3.8) is 0 Å². The van der Waals surface area contributed by atoms with E-state index in [9.17, 15) is 50.6 Å². The Morgan fingerprint density at radius 1 is 0.927 bits per heavy atom. The number of nitrogens with one attached hydrogen (secondary N) is 1. The fraction of sp³-hybridized carbons (Fsp3) is 0.0800. The lowest BCUT2D eigenvalue weighted by atomic mass is 9.89. The zero-order chi connectivity index (χ0) is 30.4. The van der Waals surface area contributed by atoms with Crippen LogP contribution in [0.1, 0.15) is 20.7 Å². The maximum Gasteiger partial charge on any atom is 0.473 e. The highest BCUT2D eigenvalue weighted by Gasteiger charge is 2.39. The molecule has 2 N–H and O–H groups in total. The first-order valence-electron chi connectivity index (χ1n) is 10.8. The van der Waals surface area contributed by atoms with Crippen molar-refractivity contribution in [3.8, 4) is 22.5 Å². The number of aromatic carboxylic acids is 1. The molecule has 2 aliphatic rings. The van der Waals surface area contributed by atoms with Gasteiger partial charge in [0, 0.05) is 45.5 Å². The number of rotatable bonds is 4. The predicted octanol–water partition coefficient (Wildman–Crippen LogP) is 6.51. The van der Waals surface area contributed by atoms with Crippen LogP contribution in [0.2, 0.25) is 10.0 Å². The van der Waals surface area contributed by atoms with Gasteiger partial charge in [-0.15, -0.1) is 0 Å². The average Bonchev–Trinajstić information content (AvgIpc) is 2.86. The maximum atomic E-state index is 12.8. The van der Waals surface area contributed by atoms with Gasteiger partial charge in [0.25, 0.3) is 0 Å². The Hall–Kier alpha value is -4.43. The Morgan fingerprint density at radius 3 is 2.20 bits per heavy atom. The van der Waals surface area contributed by atoms with Crippen LogP contribution in [0.15, 0.2) is 51.9 Å². The molecule has 0 bridgehead atoms. The van der Waals surface area contributed by atoms with Crippen LogP contribution in [0.5, 0.6) is 0 Å². The highest BCUT2D eigenvalue weighted by atomic mass is 35.5. The lowest BCUT2D eigenvalue weighted by Gasteiger charge is -2.19. The molecule has 0 saturated heterocycles. The van der Waals surface area contributed by atoms with Crippen molar-refractivity contribution < 1.29 is 55.0 Å². The Kier molecular flexibility index (Phi) is 7.58. The summed E-state index contributed by atoms with van der Waals surface area (Å²) >= 11 is 12.6. The smallest absolute Gasteiger partial charge is 0.473 e. The van der Waals surface area contributed by atoms with E-state index in [0.29, 0.717) is 0 Å². The van der Waals surface area contributed by atoms with Crippen LogP contribution in [0.4, 0.5) is 32.0 Å². The summed E-state index contributed by atoms with van der Waals surface area (Å²) in [7, 11) is 0. The minimum absolute atomic E-state index is 0.00213. The van der Waals surface area contributed by atoms with Crippen LogP contribution < -0.4 is 10.7 Å². The SMILES string of the molecule is O=Cc1cc(Cl)c(-c2c3ccc(=NC(=O)C(F)(F)F)cc-3oc3cc(NC(=O)C(F)(F)F)ccc23)c(C(=O)O)c1Cl. The second-order valence-electron chi connectivity index (χ2n) is 8.17. The quantitative estimate of drug-likeness (QED) is 0.152. The van der Waals surface area contributed by atoms with Crippen LogP contribution in [0.3, 0.4) is 0 Å². The minimum Gasteiger partial charge on any atom is -0.478 e. The monoisotopic (exact) mass is 618 g/mol. The summed E-state index contributed by atoms with van der Waals surface area (Å²) in [6.07, 6.45) is -10.3. The molecule has 2 aromatic carbocycles. The molecule has 0 aromatic heterocycles. The van der Waals surface area contributed by atoms with Gasteiger partial charge >= 0.3 is 30.1 Å². The van der Waals surface area contributed by atoms with Crippen molar-refractivity contribution in [3.05, 3.63) is 69.0 Å².